The minimum atomic E-state index is 0.794. The van der Waals surface area contributed by atoms with Crippen LogP contribution in [-0.4, -0.2) is 13.1 Å². The molecular formula is C11H17ClN2. The normalized spacial score (nSPS) is 16.4. The molecule has 1 fully saturated rings. The molecule has 3 heteroatoms. The maximum absolute atomic E-state index is 5.54. The summed E-state index contributed by atoms with van der Waals surface area (Å²) in [5.74, 6) is 0. The van der Waals surface area contributed by atoms with Gasteiger partial charge < -0.3 is 0 Å². The van der Waals surface area contributed by atoms with Crippen molar-refractivity contribution < 1.29 is 0 Å². The zero-order valence-electron chi connectivity index (χ0n) is 8.30. The van der Waals surface area contributed by atoms with Gasteiger partial charge in [0.1, 0.15) is 0 Å². The Hall–Kier alpha value is -0.570. The van der Waals surface area contributed by atoms with Crippen LogP contribution < -0.4 is 10.9 Å². The molecule has 0 radical (unpaired) electrons. The molecule has 0 atom stereocenters. The first-order valence-electron chi connectivity index (χ1n) is 5.06. The first-order valence-corrected chi connectivity index (χ1v) is 5.43. The van der Waals surface area contributed by atoms with Crippen LogP contribution in [0.25, 0.3) is 0 Å². The summed E-state index contributed by atoms with van der Waals surface area (Å²) in [5.41, 5.74) is 6.19. The topological polar surface area (TPSA) is 24.1 Å². The molecular weight excluding hydrogens is 196 g/mol. The first kappa shape index (κ1) is 11.5. The van der Waals surface area contributed by atoms with Gasteiger partial charge in [-0.05, 0) is 25.0 Å². The van der Waals surface area contributed by atoms with Crippen LogP contribution in [0.1, 0.15) is 19.3 Å². The van der Waals surface area contributed by atoms with E-state index in [-0.39, 0.29) is 0 Å². The molecule has 0 aromatic heterocycles. The Bertz CT molecular complexity index is 206. The van der Waals surface area contributed by atoms with E-state index in [0.29, 0.717) is 0 Å². The Morgan fingerprint density at radius 3 is 1.86 bits per heavy atom. The smallest absolute Gasteiger partial charge is 0.0405 e. The number of rotatable bonds is 0. The lowest BCUT2D eigenvalue weighted by Crippen LogP contribution is -2.30. The standard InChI is InChI=1S/C6H5Cl.C5H12N2/c7-6-4-2-1-3-5-6;1-2-4-6-7-5-3-1/h1-5H;6-7H,1-5H2. The maximum Gasteiger partial charge on any atom is 0.0405 e. The van der Waals surface area contributed by atoms with Gasteiger partial charge in [0.2, 0.25) is 0 Å². The monoisotopic (exact) mass is 212 g/mol. The molecule has 1 heterocycles. The molecule has 2 rings (SSSR count). The Morgan fingerprint density at radius 1 is 0.857 bits per heavy atom. The van der Waals surface area contributed by atoms with Gasteiger partial charge in [0.25, 0.3) is 0 Å². The summed E-state index contributed by atoms with van der Waals surface area (Å²) in [4.78, 5) is 0. The largest absolute Gasteiger partial charge is 0.258 e. The van der Waals surface area contributed by atoms with Gasteiger partial charge in [-0.2, -0.15) is 0 Å². The molecule has 14 heavy (non-hydrogen) atoms. The lowest BCUT2D eigenvalue weighted by atomic mass is 10.2. The number of hydrazine groups is 1. The molecule has 0 aliphatic carbocycles. The first-order chi connectivity index (χ1) is 6.89. The second kappa shape index (κ2) is 7.80. The van der Waals surface area contributed by atoms with E-state index in [4.69, 9.17) is 11.6 Å². The van der Waals surface area contributed by atoms with Crippen molar-refractivity contribution in [1.82, 2.24) is 10.9 Å². The third-order valence-corrected chi connectivity index (χ3v) is 2.21. The molecule has 0 amide bonds. The Kier molecular flexibility index (Phi) is 6.41. The lowest BCUT2D eigenvalue weighted by Gasteiger charge is -1.95. The SMILES string of the molecule is C1CCNNCC1.Clc1ccccc1. The van der Waals surface area contributed by atoms with E-state index >= 15 is 0 Å². The summed E-state index contributed by atoms with van der Waals surface area (Å²) in [6.07, 6.45) is 4.03. The number of hydrogen-bond acceptors (Lipinski definition) is 2. The quantitative estimate of drug-likeness (QED) is 0.691. The highest BCUT2D eigenvalue weighted by molar-refractivity contribution is 6.30. The zero-order valence-corrected chi connectivity index (χ0v) is 9.06. The summed E-state index contributed by atoms with van der Waals surface area (Å²) in [6, 6.07) is 9.44. The predicted octanol–water partition coefficient (Wildman–Crippen LogP) is 2.60. The molecule has 1 aliphatic rings. The van der Waals surface area contributed by atoms with E-state index in [1.165, 1.54) is 19.3 Å². The van der Waals surface area contributed by atoms with Crippen molar-refractivity contribution in [3.05, 3.63) is 35.4 Å². The Morgan fingerprint density at radius 2 is 1.43 bits per heavy atom. The fourth-order valence-electron chi connectivity index (χ4n) is 1.19. The highest BCUT2D eigenvalue weighted by Gasteiger charge is 1.92. The number of benzene rings is 1. The van der Waals surface area contributed by atoms with Crippen LogP contribution in [0.5, 0.6) is 0 Å². The molecule has 0 bridgehead atoms. The van der Waals surface area contributed by atoms with Gasteiger partial charge >= 0.3 is 0 Å². The van der Waals surface area contributed by atoms with Crippen LogP contribution in [0, 0.1) is 0 Å². The minimum Gasteiger partial charge on any atom is -0.258 e. The van der Waals surface area contributed by atoms with Crippen LogP contribution >= 0.6 is 11.6 Å². The Balaban J connectivity index is 0.000000140. The molecule has 2 nitrogen and oxygen atoms in total. The van der Waals surface area contributed by atoms with Gasteiger partial charge in [-0.25, -0.2) is 0 Å². The fraction of sp³-hybridized carbons (Fsp3) is 0.455. The predicted molar refractivity (Wildman–Crippen MR) is 61.3 cm³/mol. The van der Waals surface area contributed by atoms with Crippen LogP contribution in [-0.2, 0) is 0 Å². The average molecular weight is 213 g/mol. The van der Waals surface area contributed by atoms with E-state index in [0.717, 1.165) is 18.1 Å². The van der Waals surface area contributed by atoms with E-state index in [9.17, 15) is 0 Å². The highest BCUT2D eigenvalue weighted by Crippen LogP contribution is 2.03. The van der Waals surface area contributed by atoms with Gasteiger partial charge in [0, 0.05) is 18.1 Å². The summed E-state index contributed by atoms with van der Waals surface area (Å²) in [5, 5.41) is 0.794. The van der Waals surface area contributed by atoms with Crippen molar-refractivity contribution in [2.24, 2.45) is 0 Å². The van der Waals surface area contributed by atoms with Gasteiger partial charge in [-0.1, -0.05) is 36.2 Å². The van der Waals surface area contributed by atoms with E-state index in [2.05, 4.69) is 10.9 Å². The molecule has 0 unspecified atom stereocenters. The van der Waals surface area contributed by atoms with E-state index in [1.54, 1.807) is 0 Å². The minimum absolute atomic E-state index is 0.794. The third kappa shape index (κ3) is 5.97. The van der Waals surface area contributed by atoms with Gasteiger partial charge in [0.05, 0.1) is 0 Å². The summed E-state index contributed by atoms with van der Waals surface area (Å²) < 4.78 is 0. The second-order valence-electron chi connectivity index (χ2n) is 3.21. The molecule has 1 aromatic carbocycles. The van der Waals surface area contributed by atoms with Crippen LogP contribution in [0.2, 0.25) is 5.02 Å². The van der Waals surface area contributed by atoms with Crippen molar-refractivity contribution in [2.75, 3.05) is 13.1 Å². The second-order valence-corrected chi connectivity index (χ2v) is 3.65. The zero-order chi connectivity index (χ0) is 10.1. The van der Waals surface area contributed by atoms with Crippen molar-refractivity contribution >= 4 is 11.6 Å². The van der Waals surface area contributed by atoms with Gasteiger partial charge in [-0.3, -0.25) is 10.9 Å². The van der Waals surface area contributed by atoms with Gasteiger partial charge in [0.15, 0.2) is 0 Å². The summed E-state index contributed by atoms with van der Waals surface area (Å²) in [7, 11) is 0. The lowest BCUT2D eigenvalue weighted by molar-refractivity contribution is 0.573. The fourth-order valence-corrected chi connectivity index (χ4v) is 1.34. The van der Waals surface area contributed by atoms with Crippen LogP contribution in [0.3, 0.4) is 0 Å². The number of nitrogens with one attached hydrogen (secondary N) is 2. The van der Waals surface area contributed by atoms with Crippen LogP contribution in [0.15, 0.2) is 30.3 Å². The molecule has 1 aromatic rings. The average Bonchev–Trinajstić information content (AvgIpc) is 2.51. The summed E-state index contributed by atoms with van der Waals surface area (Å²) >= 11 is 5.54. The highest BCUT2D eigenvalue weighted by atomic mass is 35.5. The third-order valence-electron chi connectivity index (χ3n) is 1.96. The van der Waals surface area contributed by atoms with Crippen molar-refractivity contribution in [1.29, 1.82) is 0 Å². The van der Waals surface area contributed by atoms with Crippen LogP contribution in [0.4, 0.5) is 0 Å². The van der Waals surface area contributed by atoms with Crippen molar-refractivity contribution in [3.63, 3.8) is 0 Å². The Labute approximate surface area is 90.6 Å². The van der Waals surface area contributed by atoms with E-state index < -0.39 is 0 Å². The molecule has 0 spiro atoms. The van der Waals surface area contributed by atoms with Crippen molar-refractivity contribution in [2.45, 2.75) is 19.3 Å². The van der Waals surface area contributed by atoms with Crippen molar-refractivity contribution in [3.8, 4) is 0 Å². The molecule has 78 valence electrons. The number of hydrogen-bond donors (Lipinski definition) is 2. The molecule has 0 saturated carbocycles. The van der Waals surface area contributed by atoms with E-state index in [1.807, 2.05) is 30.3 Å². The molecule has 2 N–H and O–H groups in total. The molecule has 1 aliphatic heterocycles. The maximum atomic E-state index is 5.54. The number of halogens is 1. The summed E-state index contributed by atoms with van der Waals surface area (Å²) in [6.45, 7) is 2.28. The molecule has 1 saturated heterocycles. The van der Waals surface area contributed by atoms with Gasteiger partial charge in [-0.15, -0.1) is 0 Å².